The van der Waals surface area contributed by atoms with Crippen LogP contribution >= 0.6 is 0 Å². The van der Waals surface area contributed by atoms with E-state index in [4.69, 9.17) is 0 Å². The molecule has 0 spiro atoms. The van der Waals surface area contributed by atoms with Gasteiger partial charge in [0, 0.05) is 11.2 Å². The Kier molecular flexibility index (Phi) is 6.40. The van der Waals surface area contributed by atoms with E-state index < -0.39 is 17.7 Å². The van der Waals surface area contributed by atoms with E-state index in [0.29, 0.717) is 12.1 Å². The van der Waals surface area contributed by atoms with E-state index in [1.165, 1.54) is 4.90 Å². The predicted molar refractivity (Wildman–Crippen MR) is 88.0 cm³/mol. The lowest BCUT2D eigenvalue weighted by molar-refractivity contribution is -0.122. The number of carbonyl (C=O) groups is 2. The normalized spacial score (nSPS) is 12.5. The first kappa shape index (κ1) is 18.0. The van der Waals surface area contributed by atoms with Crippen LogP contribution in [-0.2, 0) is 4.79 Å². The minimum Gasteiger partial charge on any atom is -0.465 e. The van der Waals surface area contributed by atoms with Gasteiger partial charge in [-0.3, -0.25) is 9.69 Å². The zero-order chi connectivity index (χ0) is 16.8. The fourth-order valence-electron chi connectivity index (χ4n) is 2.41. The Balaban J connectivity index is 2.99. The fourth-order valence-corrected chi connectivity index (χ4v) is 2.41. The van der Waals surface area contributed by atoms with Gasteiger partial charge in [0.05, 0.1) is 0 Å². The summed E-state index contributed by atoms with van der Waals surface area (Å²) < 4.78 is 0. The molecule has 1 rings (SSSR count). The van der Waals surface area contributed by atoms with Crippen LogP contribution in [0.25, 0.3) is 0 Å². The number of carbonyl (C=O) groups excluding carboxylic acids is 1. The van der Waals surface area contributed by atoms with Crippen molar-refractivity contribution >= 4 is 17.7 Å². The van der Waals surface area contributed by atoms with Gasteiger partial charge in [-0.1, -0.05) is 38.0 Å². The molecule has 0 aliphatic carbocycles. The van der Waals surface area contributed by atoms with Crippen LogP contribution in [0.1, 0.15) is 47.0 Å². The lowest BCUT2D eigenvalue weighted by Crippen LogP contribution is -2.55. The van der Waals surface area contributed by atoms with Crippen molar-refractivity contribution in [2.75, 3.05) is 5.32 Å². The van der Waals surface area contributed by atoms with Crippen LogP contribution in [0.4, 0.5) is 10.5 Å². The summed E-state index contributed by atoms with van der Waals surface area (Å²) in [5.41, 5.74) is 0.0337. The Hall–Kier alpha value is -2.04. The van der Waals surface area contributed by atoms with Crippen molar-refractivity contribution in [1.82, 2.24) is 4.90 Å². The molecule has 0 radical (unpaired) electrons. The van der Waals surface area contributed by atoms with E-state index in [2.05, 4.69) is 5.32 Å². The number of nitrogens with one attached hydrogen (secondary N) is 1. The summed E-state index contributed by atoms with van der Waals surface area (Å²) in [5.74, 6) is -0.281. The van der Waals surface area contributed by atoms with Crippen LogP contribution in [0.3, 0.4) is 0 Å². The number of para-hydroxylation sites is 1. The van der Waals surface area contributed by atoms with Crippen molar-refractivity contribution in [1.29, 1.82) is 0 Å². The van der Waals surface area contributed by atoms with Crippen molar-refractivity contribution in [3.63, 3.8) is 0 Å². The molecule has 0 heterocycles. The van der Waals surface area contributed by atoms with Gasteiger partial charge in [0.2, 0.25) is 5.91 Å². The second kappa shape index (κ2) is 7.82. The average molecular weight is 306 g/mol. The highest BCUT2D eigenvalue weighted by atomic mass is 16.4. The molecule has 1 aromatic rings. The van der Waals surface area contributed by atoms with Crippen molar-refractivity contribution in [2.24, 2.45) is 0 Å². The molecular weight excluding hydrogens is 280 g/mol. The van der Waals surface area contributed by atoms with Gasteiger partial charge in [-0.15, -0.1) is 0 Å². The summed E-state index contributed by atoms with van der Waals surface area (Å²) in [4.78, 5) is 25.5. The largest absolute Gasteiger partial charge is 0.465 e. The second-order valence-corrected chi connectivity index (χ2v) is 6.34. The SMILES string of the molecule is CCCCC(C(=O)Nc1ccccc1)N(C(=O)O)C(C)(C)C. The highest BCUT2D eigenvalue weighted by molar-refractivity contribution is 5.96. The molecule has 5 heteroatoms. The summed E-state index contributed by atoms with van der Waals surface area (Å²) in [6.07, 6.45) is 1.15. The predicted octanol–water partition coefficient (Wildman–Crippen LogP) is 3.96. The number of amides is 2. The molecule has 0 bridgehead atoms. The molecule has 5 nitrogen and oxygen atoms in total. The van der Waals surface area contributed by atoms with Crippen molar-refractivity contribution in [3.8, 4) is 0 Å². The Morgan fingerprint density at radius 3 is 2.27 bits per heavy atom. The van der Waals surface area contributed by atoms with Gasteiger partial charge >= 0.3 is 6.09 Å². The highest BCUT2D eigenvalue weighted by Gasteiger charge is 2.37. The molecule has 0 aliphatic heterocycles. The first-order valence-corrected chi connectivity index (χ1v) is 7.65. The number of hydrogen-bond donors (Lipinski definition) is 2. The Morgan fingerprint density at radius 2 is 1.82 bits per heavy atom. The quantitative estimate of drug-likeness (QED) is 0.835. The zero-order valence-corrected chi connectivity index (χ0v) is 13.8. The smallest absolute Gasteiger partial charge is 0.408 e. The second-order valence-electron chi connectivity index (χ2n) is 6.34. The number of rotatable bonds is 6. The maximum atomic E-state index is 12.6. The molecule has 0 fully saturated rings. The molecule has 0 aliphatic rings. The number of unbranched alkanes of at least 4 members (excludes halogenated alkanes) is 1. The molecule has 2 amide bonds. The third-order valence-electron chi connectivity index (χ3n) is 3.42. The van der Waals surface area contributed by atoms with Crippen LogP contribution < -0.4 is 5.32 Å². The van der Waals surface area contributed by atoms with Crippen LogP contribution in [0.15, 0.2) is 30.3 Å². The average Bonchev–Trinajstić information content (AvgIpc) is 2.42. The van der Waals surface area contributed by atoms with E-state index in [0.717, 1.165) is 12.8 Å². The van der Waals surface area contributed by atoms with E-state index in [1.54, 1.807) is 32.9 Å². The Labute approximate surface area is 132 Å². The van der Waals surface area contributed by atoms with Gasteiger partial charge in [-0.05, 0) is 39.3 Å². The Bertz CT molecular complexity index is 494. The van der Waals surface area contributed by atoms with Crippen molar-refractivity contribution < 1.29 is 14.7 Å². The summed E-state index contributed by atoms with van der Waals surface area (Å²) in [6.45, 7) is 7.43. The molecule has 22 heavy (non-hydrogen) atoms. The van der Waals surface area contributed by atoms with E-state index in [9.17, 15) is 14.7 Å². The zero-order valence-electron chi connectivity index (χ0n) is 13.8. The van der Waals surface area contributed by atoms with Gasteiger partial charge < -0.3 is 10.4 Å². The molecule has 2 N–H and O–H groups in total. The van der Waals surface area contributed by atoms with E-state index in [1.807, 2.05) is 25.1 Å². The first-order valence-electron chi connectivity index (χ1n) is 7.65. The van der Waals surface area contributed by atoms with Crippen LogP contribution in [0.2, 0.25) is 0 Å². The van der Waals surface area contributed by atoms with Gasteiger partial charge in [-0.2, -0.15) is 0 Å². The van der Waals surface area contributed by atoms with Gasteiger partial charge in [-0.25, -0.2) is 4.79 Å². The molecule has 1 unspecified atom stereocenters. The summed E-state index contributed by atoms with van der Waals surface area (Å²) in [7, 11) is 0. The summed E-state index contributed by atoms with van der Waals surface area (Å²) >= 11 is 0. The van der Waals surface area contributed by atoms with Crippen LogP contribution in [-0.4, -0.2) is 33.6 Å². The summed E-state index contributed by atoms with van der Waals surface area (Å²) in [6, 6.07) is 8.40. The third kappa shape index (κ3) is 5.06. The molecule has 0 aromatic heterocycles. The topological polar surface area (TPSA) is 69.6 Å². The van der Waals surface area contributed by atoms with Gasteiger partial charge in [0.15, 0.2) is 0 Å². The minimum atomic E-state index is -1.07. The lowest BCUT2D eigenvalue weighted by atomic mass is 9.99. The van der Waals surface area contributed by atoms with E-state index >= 15 is 0 Å². The van der Waals surface area contributed by atoms with Crippen LogP contribution in [0, 0.1) is 0 Å². The molecule has 1 aromatic carbocycles. The Morgan fingerprint density at radius 1 is 1.23 bits per heavy atom. The lowest BCUT2D eigenvalue weighted by Gasteiger charge is -2.38. The van der Waals surface area contributed by atoms with E-state index in [-0.39, 0.29) is 5.91 Å². The number of anilines is 1. The van der Waals surface area contributed by atoms with Gasteiger partial charge in [0.25, 0.3) is 0 Å². The maximum Gasteiger partial charge on any atom is 0.408 e. The number of nitrogens with zero attached hydrogens (tertiary/aromatic N) is 1. The third-order valence-corrected chi connectivity index (χ3v) is 3.42. The first-order chi connectivity index (χ1) is 10.3. The number of carboxylic acid groups (broad SMARTS) is 1. The molecule has 0 saturated heterocycles. The minimum absolute atomic E-state index is 0.281. The molecule has 0 saturated carbocycles. The van der Waals surface area contributed by atoms with Crippen molar-refractivity contribution in [3.05, 3.63) is 30.3 Å². The maximum absolute atomic E-state index is 12.6. The van der Waals surface area contributed by atoms with Gasteiger partial charge in [0.1, 0.15) is 6.04 Å². The summed E-state index contributed by atoms with van der Waals surface area (Å²) in [5, 5.41) is 12.4. The molecule has 122 valence electrons. The van der Waals surface area contributed by atoms with Crippen LogP contribution in [0.5, 0.6) is 0 Å². The fraction of sp³-hybridized carbons (Fsp3) is 0.529. The monoisotopic (exact) mass is 306 g/mol. The standard InChI is InChI=1S/C17H26N2O3/c1-5-6-12-14(19(16(21)22)17(2,3)4)15(20)18-13-10-8-7-9-11-13/h7-11,14H,5-6,12H2,1-4H3,(H,18,20)(H,21,22). The molecule has 1 atom stereocenters. The number of benzene rings is 1. The highest BCUT2D eigenvalue weighted by Crippen LogP contribution is 2.22. The number of hydrogen-bond acceptors (Lipinski definition) is 2. The molecular formula is C17H26N2O3. The van der Waals surface area contributed by atoms with Crippen molar-refractivity contribution in [2.45, 2.75) is 58.5 Å².